The quantitative estimate of drug-likeness (QED) is 0.687. The summed E-state index contributed by atoms with van der Waals surface area (Å²) >= 11 is 0. The molecule has 0 aliphatic carbocycles. The summed E-state index contributed by atoms with van der Waals surface area (Å²) in [5.74, 6) is 0. The molecule has 74 valence electrons. The SMILES string of the molecule is N[C@H](CCO)c1ccc2cc[nH]c2c1. The number of hydrogen-bond acceptors (Lipinski definition) is 2. The van der Waals surface area contributed by atoms with Gasteiger partial charge in [0.15, 0.2) is 0 Å². The summed E-state index contributed by atoms with van der Waals surface area (Å²) in [6.45, 7) is 0.129. The fourth-order valence-corrected chi connectivity index (χ4v) is 1.60. The van der Waals surface area contributed by atoms with Crippen molar-refractivity contribution in [3.8, 4) is 0 Å². The number of nitrogens with one attached hydrogen (secondary N) is 1. The zero-order valence-corrected chi connectivity index (χ0v) is 7.90. The van der Waals surface area contributed by atoms with E-state index in [2.05, 4.69) is 4.98 Å². The van der Waals surface area contributed by atoms with Gasteiger partial charge in [0.05, 0.1) is 0 Å². The molecule has 1 heterocycles. The molecule has 0 radical (unpaired) electrons. The van der Waals surface area contributed by atoms with E-state index in [0.29, 0.717) is 6.42 Å². The Kier molecular flexibility index (Phi) is 2.52. The molecule has 0 bridgehead atoms. The van der Waals surface area contributed by atoms with Crippen LogP contribution in [0.1, 0.15) is 18.0 Å². The zero-order chi connectivity index (χ0) is 9.97. The molecule has 3 nitrogen and oxygen atoms in total. The van der Waals surface area contributed by atoms with Crippen molar-refractivity contribution in [2.24, 2.45) is 5.73 Å². The fourth-order valence-electron chi connectivity index (χ4n) is 1.60. The van der Waals surface area contributed by atoms with Gasteiger partial charge in [0.25, 0.3) is 0 Å². The second kappa shape index (κ2) is 3.82. The molecule has 2 rings (SSSR count). The van der Waals surface area contributed by atoms with Crippen molar-refractivity contribution in [1.82, 2.24) is 4.98 Å². The van der Waals surface area contributed by atoms with Gasteiger partial charge in [-0.25, -0.2) is 0 Å². The summed E-state index contributed by atoms with van der Waals surface area (Å²) in [6.07, 6.45) is 2.51. The summed E-state index contributed by atoms with van der Waals surface area (Å²) in [4.78, 5) is 3.14. The lowest BCUT2D eigenvalue weighted by molar-refractivity contribution is 0.276. The molecule has 0 amide bonds. The van der Waals surface area contributed by atoms with Crippen molar-refractivity contribution < 1.29 is 5.11 Å². The van der Waals surface area contributed by atoms with E-state index >= 15 is 0 Å². The van der Waals surface area contributed by atoms with E-state index in [0.717, 1.165) is 11.1 Å². The molecule has 0 spiro atoms. The first-order chi connectivity index (χ1) is 6.81. The molecule has 0 saturated heterocycles. The van der Waals surface area contributed by atoms with Crippen LogP contribution in [0.5, 0.6) is 0 Å². The molecule has 14 heavy (non-hydrogen) atoms. The third-order valence-corrected chi connectivity index (χ3v) is 2.45. The Morgan fingerprint density at radius 2 is 2.21 bits per heavy atom. The average molecular weight is 190 g/mol. The van der Waals surface area contributed by atoms with Crippen molar-refractivity contribution >= 4 is 10.9 Å². The second-order valence-corrected chi connectivity index (χ2v) is 3.44. The van der Waals surface area contributed by atoms with Gasteiger partial charge in [0.1, 0.15) is 0 Å². The Balaban J connectivity index is 2.33. The van der Waals surface area contributed by atoms with Gasteiger partial charge in [0.2, 0.25) is 0 Å². The molecule has 1 aromatic heterocycles. The molecule has 2 aromatic rings. The number of H-pyrrole nitrogens is 1. The highest BCUT2D eigenvalue weighted by molar-refractivity contribution is 5.79. The van der Waals surface area contributed by atoms with Crippen LogP contribution in [-0.4, -0.2) is 16.7 Å². The summed E-state index contributed by atoms with van der Waals surface area (Å²) < 4.78 is 0. The largest absolute Gasteiger partial charge is 0.396 e. The number of nitrogens with two attached hydrogens (primary N) is 1. The number of rotatable bonds is 3. The van der Waals surface area contributed by atoms with E-state index in [1.807, 2.05) is 30.5 Å². The van der Waals surface area contributed by atoms with Gasteiger partial charge in [-0.3, -0.25) is 0 Å². The van der Waals surface area contributed by atoms with Crippen LogP contribution < -0.4 is 5.73 Å². The normalized spacial score (nSPS) is 13.3. The Bertz CT molecular complexity index is 422. The second-order valence-electron chi connectivity index (χ2n) is 3.44. The molecule has 1 aromatic carbocycles. The summed E-state index contributed by atoms with van der Waals surface area (Å²) in [7, 11) is 0. The molecule has 0 fully saturated rings. The van der Waals surface area contributed by atoms with Gasteiger partial charge in [0, 0.05) is 24.4 Å². The number of aliphatic hydroxyl groups excluding tert-OH is 1. The van der Waals surface area contributed by atoms with Gasteiger partial charge in [-0.1, -0.05) is 12.1 Å². The first-order valence-electron chi connectivity index (χ1n) is 4.75. The first kappa shape index (κ1) is 9.24. The smallest absolute Gasteiger partial charge is 0.0457 e. The van der Waals surface area contributed by atoms with Crippen LogP contribution in [0.3, 0.4) is 0 Å². The minimum absolute atomic E-state index is 0.0762. The molecule has 0 unspecified atom stereocenters. The third-order valence-electron chi connectivity index (χ3n) is 2.45. The first-order valence-corrected chi connectivity index (χ1v) is 4.75. The number of aromatic amines is 1. The highest BCUT2D eigenvalue weighted by Gasteiger charge is 2.05. The van der Waals surface area contributed by atoms with Crippen LogP contribution in [0.4, 0.5) is 0 Å². The van der Waals surface area contributed by atoms with E-state index < -0.39 is 0 Å². The number of aromatic nitrogens is 1. The van der Waals surface area contributed by atoms with Crippen molar-refractivity contribution in [1.29, 1.82) is 0 Å². The van der Waals surface area contributed by atoms with E-state index in [9.17, 15) is 0 Å². The maximum Gasteiger partial charge on any atom is 0.0457 e. The third kappa shape index (κ3) is 1.64. The van der Waals surface area contributed by atoms with Gasteiger partial charge >= 0.3 is 0 Å². The lowest BCUT2D eigenvalue weighted by atomic mass is 10.0. The molecule has 0 aliphatic heterocycles. The van der Waals surface area contributed by atoms with Gasteiger partial charge < -0.3 is 15.8 Å². The summed E-state index contributed by atoms with van der Waals surface area (Å²) in [5, 5.41) is 9.97. The molecule has 0 saturated carbocycles. The number of fused-ring (bicyclic) bond motifs is 1. The lowest BCUT2D eigenvalue weighted by Crippen LogP contribution is -2.11. The molecular weight excluding hydrogens is 176 g/mol. The van der Waals surface area contributed by atoms with E-state index in [1.165, 1.54) is 5.39 Å². The van der Waals surface area contributed by atoms with Gasteiger partial charge in [-0.2, -0.15) is 0 Å². The van der Waals surface area contributed by atoms with Crippen LogP contribution in [0.2, 0.25) is 0 Å². The molecule has 0 aliphatic rings. The maximum absolute atomic E-state index is 8.78. The number of aliphatic hydroxyl groups is 1. The van der Waals surface area contributed by atoms with Gasteiger partial charge in [-0.15, -0.1) is 0 Å². The van der Waals surface area contributed by atoms with Crippen molar-refractivity contribution in [3.05, 3.63) is 36.0 Å². The Morgan fingerprint density at radius 3 is 3.00 bits per heavy atom. The highest BCUT2D eigenvalue weighted by Crippen LogP contribution is 2.19. The molecule has 4 N–H and O–H groups in total. The predicted octanol–water partition coefficient (Wildman–Crippen LogP) is 1.55. The van der Waals surface area contributed by atoms with Crippen molar-refractivity contribution in [2.75, 3.05) is 6.61 Å². The standard InChI is InChI=1S/C11H14N2O/c12-10(4-6-14)9-2-1-8-3-5-13-11(8)7-9/h1-3,5,7,10,13-14H,4,6,12H2/t10-/m1/s1. The molecule has 1 atom stereocenters. The fraction of sp³-hybridized carbons (Fsp3) is 0.273. The Labute approximate surface area is 82.6 Å². The topological polar surface area (TPSA) is 62.0 Å². The van der Waals surface area contributed by atoms with Crippen LogP contribution >= 0.6 is 0 Å². The van der Waals surface area contributed by atoms with E-state index in [4.69, 9.17) is 10.8 Å². The minimum atomic E-state index is -0.0762. The average Bonchev–Trinajstić information content (AvgIpc) is 2.64. The monoisotopic (exact) mass is 190 g/mol. The lowest BCUT2D eigenvalue weighted by Gasteiger charge is -2.09. The van der Waals surface area contributed by atoms with Crippen molar-refractivity contribution in [2.45, 2.75) is 12.5 Å². The van der Waals surface area contributed by atoms with Crippen LogP contribution in [-0.2, 0) is 0 Å². The Morgan fingerprint density at radius 1 is 1.36 bits per heavy atom. The maximum atomic E-state index is 8.78. The number of benzene rings is 1. The van der Waals surface area contributed by atoms with Crippen LogP contribution in [0.15, 0.2) is 30.5 Å². The van der Waals surface area contributed by atoms with Crippen LogP contribution in [0.25, 0.3) is 10.9 Å². The number of hydrogen-bond donors (Lipinski definition) is 3. The molecule has 3 heteroatoms. The van der Waals surface area contributed by atoms with E-state index in [1.54, 1.807) is 0 Å². The molecular formula is C11H14N2O. The summed E-state index contributed by atoms with van der Waals surface area (Å²) in [5.41, 5.74) is 8.05. The minimum Gasteiger partial charge on any atom is -0.396 e. The summed E-state index contributed by atoms with van der Waals surface area (Å²) in [6, 6.07) is 8.04. The van der Waals surface area contributed by atoms with Gasteiger partial charge in [-0.05, 0) is 29.5 Å². The highest BCUT2D eigenvalue weighted by atomic mass is 16.3. The van der Waals surface area contributed by atoms with E-state index in [-0.39, 0.29) is 12.6 Å². The predicted molar refractivity (Wildman–Crippen MR) is 56.9 cm³/mol. The van der Waals surface area contributed by atoms with Crippen molar-refractivity contribution in [3.63, 3.8) is 0 Å². The zero-order valence-electron chi connectivity index (χ0n) is 7.90. The Hall–Kier alpha value is -1.32. The van der Waals surface area contributed by atoms with Crippen LogP contribution in [0, 0.1) is 0 Å².